The lowest BCUT2D eigenvalue weighted by Crippen LogP contribution is -2.52. The third kappa shape index (κ3) is 4.80. The Morgan fingerprint density at radius 2 is 1.78 bits per heavy atom. The summed E-state index contributed by atoms with van der Waals surface area (Å²) in [5.74, 6) is 0.973. The topological polar surface area (TPSA) is 67.8 Å². The summed E-state index contributed by atoms with van der Waals surface area (Å²) in [4.78, 5) is 16.6. The predicted molar refractivity (Wildman–Crippen MR) is 119 cm³/mol. The van der Waals surface area contributed by atoms with Gasteiger partial charge >= 0.3 is 0 Å². The van der Waals surface area contributed by atoms with Crippen LogP contribution in [-0.4, -0.2) is 60.4 Å². The molecule has 1 aliphatic rings. The van der Waals surface area contributed by atoms with E-state index >= 15 is 0 Å². The Kier molecular flexibility index (Phi) is 6.49. The molecule has 1 amide bonds. The fourth-order valence-electron chi connectivity index (χ4n) is 3.62. The highest BCUT2D eigenvalue weighted by Gasteiger charge is 2.27. The Morgan fingerprint density at radius 1 is 1.00 bits per heavy atom. The maximum atomic E-state index is 13.8. The highest BCUT2D eigenvalue weighted by atomic mass is 19.1. The number of amides is 1. The van der Waals surface area contributed by atoms with Crippen LogP contribution in [0.15, 0.2) is 60.7 Å². The first-order valence-corrected chi connectivity index (χ1v) is 10.5. The van der Waals surface area contributed by atoms with Gasteiger partial charge in [0.2, 0.25) is 0 Å². The van der Waals surface area contributed by atoms with Crippen LogP contribution in [0.2, 0.25) is 0 Å². The summed E-state index contributed by atoms with van der Waals surface area (Å²) >= 11 is 0. The number of para-hydroxylation sites is 1. The molecule has 32 heavy (non-hydrogen) atoms. The van der Waals surface area contributed by atoms with Crippen LogP contribution < -0.4 is 14.4 Å². The van der Waals surface area contributed by atoms with Crippen molar-refractivity contribution in [2.45, 2.75) is 13.0 Å². The summed E-state index contributed by atoms with van der Waals surface area (Å²) in [6.45, 7) is 3.97. The zero-order valence-corrected chi connectivity index (χ0v) is 18.1. The monoisotopic (exact) mass is 436 g/mol. The highest BCUT2D eigenvalue weighted by molar-refractivity contribution is 5.81. The van der Waals surface area contributed by atoms with Gasteiger partial charge in [-0.25, -0.2) is 4.39 Å². The Balaban J connectivity index is 1.34. The molecule has 1 saturated heterocycles. The number of ether oxygens (including phenoxy) is 2. The number of hydrogen-bond acceptors (Lipinski definition) is 6. The van der Waals surface area contributed by atoms with E-state index in [-0.39, 0.29) is 11.7 Å². The van der Waals surface area contributed by atoms with Gasteiger partial charge in [0.1, 0.15) is 5.75 Å². The summed E-state index contributed by atoms with van der Waals surface area (Å²) in [6.07, 6.45) is -0.764. The minimum absolute atomic E-state index is 0.0818. The second-order valence-corrected chi connectivity index (χ2v) is 7.51. The molecule has 1 fully saturated rings. The molecule has 0 spiro atoms. The zero-order chi connectivity index (χ0) is 22.5. The number of anilines is 1. The van der Waals surface area contributed by atoms with Crippen molar-refractivity contribution in [2.24, 2.45) is 0 Å². The minimum Gasteiger partial charge on any atom is -0.497 e. The first-order valence-electron chi connectivity index (χ1n) is 10.5. The second kappa shape index (κ2) is 9.64. The molecule has 0 saturated carbocycles. The van der Waals surface area contributed by atoms with Gasteiger partial charge in [-0.05, 0) is 43.3 Å². The van der Waals surface area contributed by atoms with Gasteiger partial charge in [-0.2, -0.15) is 0 Å². The summed E-state index contributed by atoms with van der Waals surface area (Å²) < 4.78 is 24.6. The number of carbonyl (C=O) groups excluding carboxylic acids is 1. The minimum atomic E-state index is -0.764. The highest BCUT2D eigenvalue weighted by Crippen LogP contribution is 2.23. The van der Waals surface area contributed by atoms with Crippen molar-refractivity contribution >= 4 is 11.7 Å². The van der Waals surface area contributed by atoms with E-state index in [9.17, 15) is 9.18 Å². The van der Waals surface area contributed by atoms with Gasteiger partial charge in [-0.1, -0.05) is 24.3 Å². The van der Waals surface area contributed by atoms with E-state index in [1.165, 1.54) is 12.1 Å². The van der Waals surface area contributed by atoms with Crippen molar-refractivity contribution in [3.63, 3.8) is 0 Å². The zero-order valence-electron chi connectivity index (χ0n) is 18.1. The molecule has 7 nitrogen and oxygen atoms in total. The van der Waals surface area contributed by atoms with Gasteiger partial charge in [0.15, 0.2) is 23.5 Å². The molecule has 4 rings (SSSR count). The van der Waals surface area contributed by atoms with Crippen LogP contribution >= 0.6 is 0 Å². The van der Waals surface area contributed by atoms with Crippen LogP contribution in [0.4, 0.5) is 10.2 Å². The van der Waals surface area contributed by atoms with Gasteiger partial charge in [0.05, 0.1) is 12.8 Å². The van der Waals surface area contributed by atoms with Gasteiger partial charge in [0.25, 0.3) is 5.91 Å². The number of carbonyl (C=O) groups is 1. The average molecular weight is 436 g/mol. The normalized spacial score (nSPS) is 14.7. The van der Waals surface area contributed by atoms with Crippen LogP contribution in [0.5, 0.6) is 11.5 Å². The molecule has 166 valence electrons. The number of methoxy groups -OCH3 is 1. The van der Waals surface area contributed by atoms with Crippen LogP contribution in [-0.2, 0) is 4.79 Å². The third-order valence-corrected chi connectivity index (χ3v) is 5.42. The molecule has 1 unspecified atom stereocenters. The number of halogens is 1. The predicted octanol–water partition coefficient (Wildman–Crippen LogP) is 3.41. The fraction of sp³-hybridized carbons (Fsp3) is 0.292. The molecule has 0 radical (unpaired) electrons. The molecular weight excluding hydrogens is 411 g/mol. The Labute approximate surface area is 186 Å². The summed E-state index contributed by atoms with van der Waals surface area (Å²) in [5, 5.41) is 8.72. The lowest BCUT2D eigenvalue weighted by atomic mass is 10.1. The van der Waals surface area contributed by atoms with E-state index in [1.54, 1.807) is 31.1 Å². The number of benzene rings is 2. The van der Waals surface area contributed by atoms with Crippen LogP contribution in [0.3, 0.4) is 0 Å². The van der Waals surface area contributed by atoms with Crippen LogP contribution in [0, 0.1) is 5.82 Å². The van der Waals surface area contributed by atoms with Gasteiger partial charge in [-0.3, -0.25) is 4.79 Å². The molecule has 0 bridgehead atoms. The number of nitrogens with zero attached hydrogens (tertiary/aromatic N) is 4. The van der Waals surface area contributed by atoms with Crippen LogP contribution in [0.1, 0.15) is 6.92 Å². The Bertz CT molecular complexity index is 1070. The van der Waals surface area contributed by atoms with E-state index < -0.39 is 11.9 Å². The summed E-state index contributed by atoms with van der Waals surface area (Å²) in [5.41, 5.74) is 1.70. The maximum absolute atomic E-state index is 13.8. The van der Waals surface area contributed by atoms with Crippen molar-refractivity contribution in [1.29, 1.82) is 0 Å². The molecule has 8 heteroatoms. The van der Waals surface area contributed by atoms with E-state index in [0.717, 1.165) is 22.8 Å². The van der Waals surface area contributed by atoms with Gasteiger partial charge in [-0.15, -0.1) is 10.2 Å². The van der Waals surface area contributed by atoms with Crippen molar-refractivity contribution in [3.05, 3.63) is 66.5 Å². The molecule has 0 aliphatic carbocycles. The molecule has 2 heterocycles. The Hall–Kier alpha value is -3.68. The van der Waals surface area contributed by atoms with Gasteiger partial charge < -0.3 is 19.3 Å². The summed E-state index contributed by atoms with van der Waals surface area (Å²) in [6, 6.07) is 17.6. The molecule has 1 atom stereocenters. The lowest BCUT2D eigenvalue weighted by Gasteiger charge is -2.36. The maximum Gasteiger partial charge on any atom is 0.263 e. The third-order valence-electron chi connectivity index (χ3n) is 5.42. The molecule has 0 N–H and O–H groups in total. The number of hydrogen-bond donors (Lipinski definition) is 0. The largest absolute Gasteiger partial charge is 0.497 e. The van der Waals surface area contributed by atoms with Crippen molar-refractivity contribution in [2.75, 3.05) is 38.2 Å². The van der Waals surface area contributed by atoms with Crippen molar-refractivity contribution < 1.29 is 18.7 Å². The van der Waals surface area contributed by atoms with Gasteiger partial charge in [0, 0.05) is 31.7 Å². The lowest BCUT2D eigenvalue weighted by molar-refractivity contribution is -0.138. The first kappa shape index (κ1) is 21.5. The Morgan fingerprint density at radius 3 is 2.47 bits per heavy atom. The van der Waals surface area contributed by atoms with Crippen molar-refractivity contribution in [3.8, 4) is 22.8 Å². The van der Waals surface area contributed by atoms with Crippen molar-refractivity contribution in [1.82, 2.24) is 15.1 Å². The molecule has 2 aromatic carbocycles. The quantitative estimate of drug-likeness (QED) is 0.590. The second-order valence-electron chi connectivity index (χ2n) is 7.51. The van der Waals surface area contributed by atoms with E-state index in [1.807, 2.05) is 36.4 Å². The first-order chi connectivity index (χ1) is 15.5. The molecule has 1 aromatic heterocycles. The standard InChI is InChI=1S/C24H25FN4O3/c1-17(32-22-9-4-3-8-20(22)25)24(30)29-14-12-28(13-15-29)23-11-10-21(26-27-23)18-6-5-7-19(16-18)31-2/h3-11,16-17H,12-15H2,1-2H3. The molecular formula is C24H25FN4O3. The molecule has 1 aliphatic heterocycles. The van der Waals surface area contributed by atoms with E-state index in [4.69, 9.17) is 9.47 Å². The number of aromatic nitrogens is 2. The number of piperazine rings is 1. The smallest absolute Gasteiger partial charge is 0.263 e. The van der Waals surface area contributed by atoms with Crippen LogP contribution in [0.25, 0.3) is 11.3 Å². The van der Waals surface area contributed by atoms with E-state index in [2.05, 4.69) is 15.1 Å². The van der Waals surface area contributed by atoms with E-state index in [0.29, 0.717) is 26.2 Å². The SMILES string of the molecule is COc1cccc(-c2ccc(N3CCN(C(=O)C(C)Oc4ccccc4F)CC3)nn2)c1. The number of rotatable bonds is 6. The average Bonchev–Trinajstić information content (AvgIpc) is 2.85. The summed E-state index contributed by atoms with van der Waals surface area (Å²) in [7, 11) is 1.63. The fourth-order valence-corrected chi connectivity index (χ4v) is 3.62. The molecule has 3 aromatic rings.